The van der Waals surface area contributed by atoms with Gasteiger partial charge in [0.15, 0.2) is 5.65 Å². The molecule has 0 unspecified atom stereocenters. The van der Waals surface area contributed by atoms with Crippen molar-refractivity contribution in [3.05, 3.63) is 30.1 Å². The van der Waals surface area contributed by atoms with Crippen LogP contribution in [0.4, 0.5) is 10.7 Å². The lowest BCUT2D eigenvalue weighted by atomic mass is 10.2. The monoisotopic (exact) mass is 312 g/mol. The maximum absolute atomic E-state index is 11.1. The zero-order chi connectivity index (χ0) is 16.0. The molecule has 1 N–H and O–H groups in total. The molecule has 4 rings (SSSR count). The number of amides is 1. The number of fused-ring (bicyclic) bond motifs is 3. The quantitative estimate of drug-likeness (QED) is 0.730. The first kappa shape index (κ1) is 13.7. The molecule has 0 aliphatic carbocycles. The average molecular weight is 312 g/mol. The summed E-state index contributed by atoms with van der Waals surface area (Å²) in [6.45, 7) is 3.95. The van der Waals surface area contributed by atoms with Gasteiger partial charge in [-0.05, 0) is 19.1 Å². The molecule has 23 heavy (non-hydrogen) atoms. The molecule has 3 heterocycles. The lowest BCUT2D eigenvalue weighted by molar-refractivity contribution is 0.142. The van der Waals surface area contributed by atoms with E-state index in [-0.39, 0.29) is 0 Å². The van der Waals surface area contributed by atoms with E-state index in [1.165, 1.54) is 4.90 Å². The number of benzene rings is 1. The van der Waals surface area contributed by atoms with Crippen molar-refractivity contribution in [3.63, 3.8) is 0 Å². The predicted molar refractivity (Wildman–Crippen MR) is 84.8 cm³/mol. The molecule has 0 atom stereocenters. The Morgan fingerprint density at radius 1 is 1.13 bits per heavy atom. The van der Waals surface area contributed by atoms with Crippen LogP contribution in [0.1, 0.15) is 5.82 Å². The molecule has 0 spiro atoms. The average Bonchev–Trinajstić information content (AvgIpc) is 2.96. The molecule has 3 aromatic rings. The van der Waals surface area contributed by atoms with E-state index in [0.717, 1.165) is 16.6 Å². The normalized spacial score (nSPS) is 15.5. The topological polar surface area (TPSA) is 86.9 Å². The van der Waals surface area contributed by atoms with Gasteiger partial charge in [0.2, 0.25) is 5.95 Å². The van der Waals surface area contributed by atoms with E-state index in [9.17, 15) is 4.79 Å². The molecule has 1 fully saturated rings. The molecule has 2 aromatic heterocycles. The summed E-state index contributed by atoms with van der Waals surface area (Å²) >= 11 is 0. The number of piperazine rings is 1. The lowest BCUT2D eigenvalue weighted by Crippen LogP contribution is -2.49. The van der Waals surface area contributed by atoms with E-state index < -0.39 is 6.09 Å². The molecule has 8 nitrogen and oxygen atoms in total. The van der Waals surface area contributed by atoms with Gasteiger partial charge < -0.3 is 14.9 Å². The summed E-state index contributed by atoms with van der Waals surface area (Å²) in [6, 6.07) is 7.84. The molecule has 8 heteroatoms. The third-order valence-electron chi connectivity index (χ3n) is 4.10. The number of aromatic nitrogens is 4. The van der Waals surface area contributed by atoms with E-state index in [4.69, 9.17) is 10.1 Å². The highest BCUT2D eigenvalue weighted by atomic mass is 16.4. The van der Waals surface area contributed by atoms with Gasteiger partial charge in [-0.3, -0.25) is 0 Å². The number of carboxylic acid groups (broad SMARTS) is 1. The fourth-order valence-electron chi connectivity index (χ4n) is 2.95. The second kappa shape index (κ2) is 5.08. The third-order valence-corrected chi connectivity index (χ3v) is 4.10. The Morgan fingerprint density at radius 3 is 2.61 bits per heavy atom. The van der Waals surface area contributed by atoms with Gasteiger partial charge in [-0.1, -0.05) is 12.1 Å². The maximum atomic E-state index is 11.1. The number of hydrogen-bond donors (Lipinski definition) is 1. The smallest absolute Gasteiger partial charge is 0.407 e. The number of carbonyl (C=O) groups is 1. The van der Waals surface area contributed by atoms with E-state index >= 15 is 0 Å². The summed E-state index contributed by atoms with van der Waals surface area (Å²) < 4.78 is 1.76. The fraction of sp³-hybridized carbons (Fsp3) is 0.333. The van der Waals surface area contributed by atoms with Crippen LogP contribution < -0.4 is 4.90 Å². The number of anilines is 1. The minimum atomic E-state index is -0.877. The first-order chi connectivity index (χ1) is 11.1. The zero-order valence-electron chi connectivity index (χ0n) is 12.7. The number of para-hydroxylation sites is 1. The fourth-order valence-corrected chi connectivity index (χ4v) is 2.95. The van der Waals surface area contributed by atoms with Gasteiger partial charge in [-0.15, -0.1) is 5.10 Å². The van der Waals surface area contributed by atoms with Gasteiger partial charge in [0, 0.05) is 31.6 Å². The van der Waals surface area contributed by atoms with Crippen molar-refractivity contribution in [2.75, 3.05) is 31.1 Å². The van der Waals surface area contributed by atoms with Gasteiger partial charge in [-0.25, -0.2) is 14.8 Å². The van der Waals surface area contributed by atoms with E-state index in [0.29, 0.717) is 38.0 Å². The molecule has 118 valence electrons. The number of hydrogen-bond acceptors (Lipinski definition) is 5. The van der Waals surface area contributed by atoms with Crippen LogP contribution in [0.3, 0.4) is 0 Å². The summed E-state index contributed by atoms with van der Waals surface area (Å²) in [5.41, 5.74) is 1.65. The minimum Gasteiger partial charge on any atom is -0.465 e. The van der Waals surface area contributed by atoms with Crippen molar-refractivity contribution in [1.82, 2.24) is 24.5 Å². The van der Waals surface area contributed by atoms with Gasteiger partial charge in [-0.2, -0.15) is 4.52 Å². The van der Waals surface area contributed by atoms with Crippen LogP contribution in [0.2, 0.25) is 0 Å². The van der Waals surface area contributed by atoms with Crippen molar-refractivity contribution >= 4 is 28.6 Å². The zero-order valence-corrected chi connectivity index (χ0v) is 12.7. The molecule has 1 amide bonds. The maximum Gasteiger partial charge on any atom is 0.407 e. The van der Waals surface area contributed by atoms with Crippen LogP contribution in [-0.2, 0) is 0 Å². The molecule has 1 aromatic carbocycles. The van der Waals surface area contributed by atoms with Crippen molar-refractivity contribution in [2.45, 2.75) is 6.92 Å². The summed E-state index contributed by atoms with van der Waals surface area (Å²) in [7, 11) is 0. The van der Waals surface area contributed by atoms with Crippen molar-refractivity contribution in [3.8, 4) is 0 Å². The summed E-state index contributed by atoms with van der Waals surface area (Å²) in [5.74, 6) is 1.40. The van der Waals surface area contributed by atoms with Crippen molar-refractivity contribution in [2.24, 2.45) is 0 Å². The van der Waals surface area contributed by atoms with Gasteiger partial charge in [0.05, 0.1) is 5.52 Å². The Morgan fingerprint density at radius 2 is 1.87 bits per heavy atom. The highest BCUT2D eigenvalue weighted by Crippen LogP contribution is 2.23. The van der Waals surface area contributed by atoms with Gasteiger partial charge >= 0.3 is 6.09 Å². The lowest BCUT2D eigenvalue weighted by Gasteiger charge is -2.33. The standard InChI is InChI=1S/C15H16N6O2/c1-10-16-13-11-4-2-3-5-12(11)17-14(21(13)18-10)19-6-8-20(9-7-19)15(22)23/h2-5H,6-9H2,1H3,(H,22,23). The molecule has 0 radical (unpaired) electrons. The Hall–Kier alpha value is -2.90. The van der Waals surface area contributed by atoms with Crippen LogP contribution in [0.25, 0.3) is 16.6 Å². The highest BCUT2D eigenvalue weighted by molar-refractivity contribution is 5.92. The number of rotatable bonds is 1. The largest absolute Gasteiger partial charge is 0.465 e. The predicted octanol–water partition coefficient (Wildman–Crippen LogP) is 1.39. The highest BCUT2D eigenvalue weighted by Gasteiger charge is 2.24. The summed E-state index contributed by atoms with van der Waals surface area (Å²) in [5, 5.41) is 14.5. The van der Waals surface area contributed by atoms with Crippen LogP contribution in [0.15, 0.2) is 24.3 Å². The molecular formula is C15H16N6O2. The number of aryl methyl sites for hydroxylation is 1. The van der Waals surface area contributed by atoms with Crippen molar-refractivity contribution < 1.29 is 9.90 Å². The van der Waals surface area contributed by atoms with Crippen LogP contribution in [0, 0.1) is 6.92 Å². The second-order valence-electron chi connectivity index (χ2n) is 5.58. The first-order valence-corrected chi connectivity index (χ1v) is 7.48. The van der Waals surface area contributed by atoms with Gasteiger partial charge in [0.25, 0.3) is 0 Å². The third kappa shape index (κ3) is 2.23. The Labute approximate surface area is 132 Å². The van der Waals surface area contributed by atoms with Crippen molar-refractivity contribution in [1.29, 1.82) is 0 Å². The Balaban J connectivity index is 1.81. The molecule has 0 bridgehead atoms. The molecule has 1 saturated heterocycles. The van der Waals surface area contributed by atoms with Crippen LogP contribution >= 0.6 is 0 Å². The molecule has 1 aliphatic heterocycles. The van der Waals surface area contributed by atoms with E-state index in [1.807, 2.05) is 31.2 Å². The van der Waals surface area contributed by atoms with Crippen LogP contribution in [-0.4, -0.2) is 61.9 Å². The van der Waals surface area contributed by atoms with E-state index in [1.54, 1.807) is 4.52 Å². The molecular weight excluding hydrogens is 296 g/mol. The number of nitrogens with zero attached hydrogens (tertiary/aromatic N) is 6. The summed E-state index contributed by atoms with van der Waals surface area (Å²) in [4.78, 5) is 23.8. The molecule has 1 aliphatic rings. The SMILES string of the molecule is Cc1nc2c3ccccc3nc(N3CCN(C(=O)O)CC3)n2n1. The summed E-state index contributed by atoms with van der Waals surface area (Å²) in [6.07, 6.45) is -0.877. The van der Waals surface area contributed by atoms with Gasteiger partial charge in [0.1, 0.15) is 5.82 Å². The Kier molecular flexibility index (Phi) is 3.03. The van der Waals surface area contributed by atoms with E-state index in [2.05, 4.69) is 15.0 Å². The minimum absolute atomic E-state index is 0.457. The molecule has 0 saturated carbocycles. The Bertz CT molecular complexity index is 898. The van der Waals surface area contributed by atoms with Crippen LogP contribution in [0.5, 0.6) is 0 Å². The first-order valence-electron chi connectivity index (χ1n) is 7.48. The second-order valence-corrected chi connectivity index (χ2v) is 5.58.